The summed E-state index contributed by atoms with van der Waals surface area (Å²) in [6.07, 6.45) is 5.99. The molecule has 3 atom stereocenters. The number of thioether (sulfide) groups is 3. The Balaban J connectivity index is 0.000000237. The third-order valence-corrected chi connectivity index (χ3v) is 34.8. The Labute approximate surface area is 851 Å². The molecule has 0 spiro atoms. The molecule has 0 saturated heterocycles. The lowest BCUT2D eigenvalue weighted by molar-refractivity contribution is -0.149. The van der Waals surface area contributed by atoms with Gasteiger partial charge in [-0.15, -0.1) is 58.0 Å². The van der Waals surface area contributed by atoms with E-state index >= 15 is 0 Å². The number of rotatable bonds is 41. The average molecular weight is 2250 g/mol. The molecule has 0 fully saturated rings. The van der Waals surface area contributed by atoms with E-state index in [1.807, 2.05) is 20.1 Å². The van der Waals surface area contributed by atoms with E-state index in [-0.39, 0.29) is 65.7 Å². The molecule has 0 bridgehead atoms. The third-order valence-electron chi connectivity index (χ3n) is 18.0. The van der Waals surface area contributed by atoms with Gasteiger partial charge in [0, 0.05) is 16.2 Å². The minimum absolute atomic E-state index is 0.000204. The molecule has 0 aliphatic heterocycles. The van der Waals surface area contributed by atoms with Gasteiger partial charge in [0.25, 0.3) is 20.9 Å². The number of oxazole rings is 1. The molecule has 24 N–H and O–H groups in total. The van der Waals surface area contributed by atoms with E-state index in [1.165, 1.54) is 143 Å². The summed E-state index contributed by atoms with van der Waals surface area (Å²) in [5.41, 5.74) is 33.3. The number of aromatic nitrogens is 6. The SMILES string of the molecule is CC(C)Cc1oc(N)nc1-c1ccc(P(=O)(O)O)o1.CC(C)Cc1sc(N)nc1-c1ccc(P(=O)(O)O)o1.CCCSc1sc(N)nc1-c1ccc(P(=O)(NC(C)(C)C(=O)OCC)NC(C)(C)C(=O)OCC)o1.CCCSc1sc(N)nc1-c1ccc(P(=O)(O)O)o1.CCOC(=O)[C@H](C)NP(=O)(N[C@H](C)C(=O)OCC)c1ccc(-c2nc(N)sc2CC(C)C)o1.CSc1sc(N)nc1-c1ccc(P(=O)(O)O)o1. The van der Waals surface area contributed by atoms with Crippen molar-refractivity contribution in [2.75, 3.05) is 78.6 Å². The molecular weight excluding hydrogens is 2130 g/mol. The van der Waals surface area contributed by atoms with Crippen molar-refractivity contribution in [3.63, 3.8) is 0 Å². The number of hydrogen-bond donors (Lipinski definition) is 18. The largest absolute Gasteiger partial charge is 0.465 e. The maximum Gasteiger partial charge on any atom is 0.391 e. The fraction of sp³-hybridized carbons (Fsp3) is 0.446. The van der Waals surface area contributed by atoms with Crippen LogP contribution in [-0.2, 0) is 84.8 Å². The first-order chi connectivity index (χ1) is 66.2. The van der Waals surface area contributed by atoms with E-state index in [0.29, 0.717) is 119 Å². The van der Waals surface area contributed by atoms with Crippen molar-refractivity contribution in [1.29, 1.82) is 0 Å². The van der Waals surface area contributed by atoms with E-state index < -0.39 is 97.8 Å². The van der Waals surface area contributed by atoms with Crippen molar-refractivity contribution in [2.24, 2.45) is 17.8 Å². The number of carbonyl (C=O) groups is 4. The average Bonchev–Trinajstić information content (AvgIpc) is 1.53. The summed E-state index contributed by atoms with van der Waals surface area (Å²) in [6, 6.07) is 15.4. The number of hydrogen-bond acceptors (Lipinski definition) is 41. The minimum Gasteiger partial charge on any atom is -0.465 e. The van der Waals surface area contributed by atoms with E-state index in [9.17, 15) is 46.6 Å². The highest BCUT2D eigenvalue weighted by Gasteiger charge is 2.46. The summed E-state index contributed by atoms with van der Waals surface area (Å²) < 4.78 is 133. The maximum absolute atomic E-state index is 14.4. The predicted octanol–water partition coefficient (Wildman–Crippen LogP) is 14.6. The molecule has 142 heavy (non-hydrogen) atoms. The van der Waals surface area contributed by atoms with Crippen LogP contribution in [0.1, 0.15) is 153 Å². The number of esters is 4. The first-order valence-corrected chi connectivity index (χ1v) is 60.5. The zero-order valence-corrected chi connectivity index (χ0v) is 92.7. The number of thiazole rings is 5. The summed E-state index contributed by atoms with van der Waals surface area (Å²) in [6.45, 7) is 33.1. The van der Waals surface area contributed by atoms with Gasteiger partial charge in [0.15, 0.2) is 71.2 Å². The predicted molar refractivity (Wildman–Crippen MR) is 557 cm³/mol. The van der Waals surface area contributed by atoms with Crippen LogP contribution in [0.3, 0.4) is 0 Å². The molecule has 12 aromatic heterocycles. The number of carbonyl (C=O) groups excluding carboxylic acids is 4. The number of nitrogens with one attached hydrogen (secondary N) is 4. The Bertz CT molecular complexity index is 6320. The maximum atomic E-state index is 14.4. The highest BCUT2D eigenvalue weighted by atomic mass is 32.2. The zero-order valence-electron chi connectivity index (χ0n) is 80.8. The molecule has 0 aliphatic carbocycles. The van der Waals surface area contributed by atoms with Gasteiger partial charge < -0.3 is 123 Å². The molecular formula is C83H120N16O29P6S8. The van der Waals surface area contributed by atoms with E-state index in [0.717, 1.165) is 59.6 Å². The van der Waals surface area contributed by atoms with E-state index in [1.54, 1.807) is 91.0 Å². The second-order valence-corrected chi connectivity index (χ2v) is 52.1. The van der Waals surface area contributed by atoms with Crippen LogP contribution in [0.5, 0.6) is 0 Å². The third kappa shape index (κ3) is 34.9. The Morgan fingerprint density at radius 2 is 0.648 bits per heavy atom. The molecule has 12 aromatic rings. The lowest BCUT2D eigenvalue weighted by Gasteiger charge is -2.34. The molecule has 0 saturated carbocycles. The first kappa shape index (κ1) is 121. The van der Waals surface area contributed by atoms with Gasteiger partial charge in [-0.1, -0.05) is 89.4 Å². The number of nitrogen functional groups attached to an aromatic ring is 6. The molecule has 0 aromatic carbocycles. The molecule has 12 rings (SSSR count). The van der Waals surface area contributed by atoms with Gasteiger partial charge in [0.1, 0.15) is 63.1 Å². The van der Waals surface area contributed by atoms with Gasteiger partial charge in [0.2, 0.25) is 22.0 Å². The second kappa shape index (κ2) is 52.8. The van der Waals surface area contributed by atoms with E-state index in [2.05, 4.69) is 91.8 Å². The Kier molecular flexibility index (Phi) is 44.9. The summed E-state index contributed by atoms with van der Waals surface area (Å²) >= 11 is 11.4. The van der Waals surface area contributed by atoms with Crippen LogP contribution in [-0.4, -0.2) is 160 Å². The standard InChI is InChI=1S/C22H35N4O6PS2.C21H33N4O6PS.C11H15N2O5P.C11H15N2O4PS.C10H13N2O4PS2.C8H9N2O4PS2/c1-8-13-34-17-16(24-20(23)35-17)14-11-12-15(32-14)33(29,25-21(4,5)18(27)30-9-2)26-22(6,7)19(28)31-10-3;1-7-29-19(26)13(5)24-32(28,25-14(6)20(27)30-8-2)17-10-9-15(31-17)18-16(11-12(3)4)33-21(22)23-18;1-6(2)5-8-10(13-11(12)18-8)7-3-4-9(17-7)19(14,15)16;1-6(2)5-8-10(13-11(12)19-8)7-3-4-9(17-7)18(14,15)16;1-2-5-18-9-8(12-10(11)19-9)6-3-4-7(16-6)17(13,14)15;1-16-7-6(10-8(9)17-7)4-2-3-5(14-4)15(11,12)13/h11-12H,8-10,13H2,1-7H3,(H2,23,24)(H2,25,26,29);9-10,12-14H,7-8,11H2,1-6H3,(H2,22,23)(H2,24,25,28);2*3-4,6H,5H2,1-2H3,(H2,12,13)(H2,14,15,16);3-4H,2,5H2,1H3,(H2,11,12)(H2,13,14,15);2-3H,1H3,(H2,9,10)(H2,11,12,13)/t;13-,14+,32?;;;;. The number of nitrogens with zero attached hydrogens (tertiary/aromatic N) is 6. The van der Waals surface area contributed by atoms with Crippen LogP contribution in [0.15, 0.2) is 116 Å². The van der Waals surface area contributed by atoms with Gasteiger partial charge in [0.05, 0.1) is 39.1 Å². The van der Waals surface area contributed by atoms with Gasteiger partial charge in [-0.3, -0.25) is 46.6 Å². The van der Waals surface area contributed by atoms with Crippen molar-refractivity contribution >= 4 is 226 Å². The quantitative estimate of drug-likeness (QED) is 0.00732. The van der Waals surface area contributed by atoms with Crippen LogP contribution in [0.25, 0.3) is 68.7 Å². The van der Waals surface area contributed by atoms with Crippen molar-refractivity contribution in [1.82, 2.24) is 50.3 Å². The summed E-state index contributed by atoms with van der Waals surface area (Å²) in [5, 5.41) is 13.3. The van der Waals surface area contributed by atoms with Crippen LogP contribution in [0, 0.1) is 17.8 Å². The topological polar surface area (TPSA) is 743 Å². The normalized spacial score (nSPS) is 12.9. The van der Waals surface area contributed by atoms with Gasteiger partial charge in [-0.05, 0) is 203 Å². The van der Waals surface area contributed by atoms with Crippen molar-refractivity contribution in [3.8, 4) is 68.7 Å². The molecule has 12 heterocycles. The van der Waals surface area contributed by atoms with E-state index in [4.69, 9.17) is 123 Å². The fourth-order valence-electron chi connectivity index (χ4n) is 12.1. The second-order valence-electron chi connectivity index (χ2n) is 32.6. The van der Waals surface area contributed by atoms with Gasteiger partial charge in [-0.2, -0.15) is 4.98 Å². The molecule has 59 heteroatoms. The Morgan fingerprint density at radius 1 is 0.373 bits per heavy atom. The van der Waals surface area contributed by atoms with Gasteiger partial charge >= 0.3 is 54.3 Å². The lowest BCUT2D eigenvalue weighted by Crippen LogP contribution is -2.55. The van der Waals surface area contributed by atoms with Crippen LogP contribution < -0.4 is 87.8 Å². The Morgan fingerprint density at radius 3 is 0.944 bits per heavy atom. The summed E-state index contributed by atoms with van der Waals surface area (Å²) in [7, 11) is -25.3. The molecule has 45 nitrogen and oxygen atoms in total. The molecule has 1 unspecified atom stereocenters. The Hall–Kier alpha value is -8.33. The highest BCUT2D eigenvalue weighted by molar-refractivity contribution is 8.01. The molecule has 0 aliphatic rings. The van der Waals surface area contributed by atoms with Crippen molar-refractivity contribution in [3.05, 3.63) is 88.3 Å². The van der Waals surface area contributed by atoms with Crippen molar-refractivity contribution < 1.29 is 136 Å². The van der Waals surface area contributed by atoms with Gasteiger partial charge in [-0.25, -0.2) is 45.3 Å². The zero-order chi connectivity index (χ0) is 106. The summed E-state index contributed by atoms with van der Waals surface area (Å²) in [4.78, 5) is 149. The monoisotopic (exact) mass is 2250 g/mol. The first-order valence-electron chi connectivity index (χ1n) is 43.4. The van der Waals surface area contributed by atoms with Crippen molar-refractivity contribution in [2.45, 2.75) is 193 Å². The van der Waals surface area contributed by atoms with Crippen LogP contribution in [0.4, 0.5) is 31.7 Å². The lowest BCUT2D eigenvalue weighted by atomic mass is 10.1. The fourth-order valence-corrected chi connectivity index (χ4v) is 26.3. The molecule has 784 valence electrons. The number of ether oxygens (including phenoxy) is 4. The number of anilines is 6. The smallest absolute Gasteiger partial charge is 0.391 e. The molecule has 0 amide bonds. The summed E-state index contributed by atoms with van der Waals surface area (Å²) in [5.74, 6) is 3.06. The number of nitrogens with two attached hydrogens (primary N) is 6. The highest BCUT2D eigenvalue weighted by Crippen LogP contribution is 2.49. The number of furan rings is 6. The molecule has 0 radical (unpaired) electrons. The van der Waals surface area contributed by atoms with Crippen LogP contribution in [0.2, 0.25) is 0 Å². The minimum atomic E-state index is -4.41. The van der Waals surface area contributed by atoms with Crippen LogP contribution >= 0.6 is 137 Å².